The van der Waals surface area contributed by atoms with Gasteiger partial charge in [0.25, 0.3) is 0 Å². The molecule has 0 radical (unpaired) electrons. The van der Waals surface area contributed by atoms with Gasteiger partial charge in [0.05, 0.1) is 4.90 Å². The van der Waals surface area contributed by atoms with Crippen molar-refractivity contribution in [2.24, 2.45) is 5.92 Å². The number of aliphatic hydroxyl groups is 1. The van der Waals surface area contributed by atoms with Crippen LogP contribution in [-0.2, 0) is 16.4 Å². The van der Waals surface area contributed by atoms with Gasteiger partial charge in [0.2, 0.25) is 10.0 Å². The minimum Gasteiger partial charge on any atom is -0.396 e. The molecule has 2 unspecified atom stereocenters. The molecule has 0 aliphatic heterocycles. The Morgan fingerprint density at radius 3 is 2.45 bits per heavy atom. The van der Waals surface area contributed by atoms with E-state index in [1.54, 1.807) is 24.3 Å². The Morgan fingerprint density at radius 1 is 1.20 bits per heavy atom. The molecule has 0 spiro atoms. The SMILES string of the molecule is CC1CCCCC1NS(=O)(=O)c1ccc(CCO)cc1. The Morgan fingerprint density at radius 2 is 1.85 bits per heavy atom. The molecule has 20 heavy (non-hydrogen) atoms. The summed E-state index contributed by atoms with van der Waals surface area (Å²) in [5.74, 6) is 0.396. The maximum atomic E-state index is 12.4. The van der Waals surface area contributed by atoms with E-state index in [1.165, 1.54) is 6.42 Å². The monoisotopic (exact) mass is 297 g/mol. The van der Waals surface area contributed by atoms with Crippen LogP contribution in [0.5, 0.6) is 0 Å². The van der Waals surface area contributed by atoms with Crippen molar-refractivity contribution in [3.05, 3.63) is 29.8 Å². The number of sulfonamides is 1. The van der Waals surface area contributed by atoms with Crippen LogP contribution in [0.1, 0.15) is 38.2 Å². The summed E-state index contributed by atoms with van der Waals surface area (Å²) in [5.41, 5.74) is 0.942. The van der Waals surface area contributed by atoms with Gasteiger partial charge in [0.1, 0.15) is 0 Å². The van der Waals surface area contributed by atoms with E-state index in [0.717, 1.165) is 24.8 Å². The van der Waals surface area contributed by atoms with Crippen molar-refractivity contribution >= 4 is 10.0 Å². The van der Waals surface area contributed by atoms with Gasteiger partial charge in [-0.1, -0.05) is 31.9 Å². The first-order valence-electron chi connectivity index (χ1n) is 7.25. The van der Waals surface area contributed by atoms with E-state index in [-0.39, 0.29) is 12.6 Å². The van der Waals surface area contributed by atoms with Crippen LogP contribution in [0, 0.1) is 5.92 Å². The van der Waals surface area contributed by atoms with Crippen LogP contribution in [0.15, 0.2) is 29.2 Å². The first-order valence-corrected chi connectivity index (χ1v) is 8.73. The lowest BCUT2D eigenvalue weighted by Crippen LogP contribution is -2.40. The van der Waals surface area contributed by atoms with Crippen molar-refractivity contribution in [3.63, 3.8) is 0 Å². The first kappa shape index (κ1) is 15.5. The third-order valence-electron chi connectivity index (χ3n) is 4.05. The lowest BCUT2D eigenvalue weighted by Gasteiger charge is -2.29. The summed E-state index contributed by atoms with van der Waals surface area (Å²) in [5, 5.41) is 8.86. The van der Waals surface area contributed by atoms with Crippen molar-refractivity contribution < 1.29 is 13.5 Å². The molecular weight excluding hydrogens is 274 g/mol. The van der Waals surface area contributed by atoms with Crippen LogP contribution in [0.3, 0.4) is 0 Å². The number of aliphatic hydroxyl groups excluding tert-OH is 1. The lowest BCUT2D eigenvalue weighted by atomic mass is 9.87. The quantitative estimate of drug-likeness (QED) is 0.874. The van der Waals surface area contributed by atoms with Gasteiger partial charge in [0, 0.05) is 12.6 Å². The molecule has 1 saturated carbocycles. The van der Waals surface area contributed by atoms with Gasteiger partial charge in [-0.3, -0.25) is 0 Å². The minimum absolute atomic E-state index is 0.0471. The molecule has 5 heteroatoms. The van der Waals surface area contributed by atoms with Crippen LogP contribution in [0.2, 0.25) is 0 Å². The number of rotatable bonds is 5. The lowest BCUT2D eigenvalue weighted by molar-refractivity contribution is 0.299. The number of benzene rings is 1. The molecule has 0 amide bonds. The summed E-state index contributed by atoms with van der Waals surface area (Å²) in [7, 11) is -3.44. The third kappa shape index (κ3) is 3.81. The Labute approximate surface area is 121 Å². The fourth-order valence-corrected chi connectivity index (χ4v) is 4.10. The summed E-state index contributed by atoms with van der Waals surface area (Å²) in [6.07, 6.45) is 4.83. The zero-order valence-corrected chi connectivity index (χ0v) is 12.7. The second-order valence-corrected chi connectivity index (χ2v) is 7.32. The van der Waals surface area contributed by atoms with Gasteiger partial charge in [-0.25, -0.2) is 13.1 Å². The van der Waals surface area contributed by atoms with E-state index in [4.69, 9.17) is 5.11 Å². The molecule has 1 aliphatic rings. The second kappa shape index (κ2) is 6.70. The highest BCUT2D eigenvalue weighted by Crippen LogP contribution is 2.25. The Kier molecular flexibility index (Phi) is 5.18. The average molecular weight is 297 g/mol. The highest BCUT2D eigenvalue weighted by atomic mass is 32.2. The minimum atomic E-state index is -3.44. The van der Waals surface area contributed by atoms with Gasteiger partial charge in [-0.15, -0.1) is 0 Å². The Hall–Kier alpha value is -0.910. The molecule has 0 bridgehead atoms. The van der Waals surface area contributed by atoms with E-state index in [1.807, 2.05) is 0 Å². The van der Waals surface area contributed by atoms with E-state index < -0.39 is 10.0 Å². The van der Waals surface area contributed by atoms with Crippen LogP contribution in [0.25, 0.3) is 0 Å². The zero-order valence-electron chi connectivity index (χ0n) is 11.9. The van der Waals surface area contributed by atoms with Crippen LogP contribution >= 0.6 is 0 Å². The maximum Gasteiger partial charge on any atom is 0.240 e. The third-order valence-corrected chi connectivity index (χ3v) is 5.56. The molecule has 1 aromatic carbocycles. The Bertz CT molecular complexity index is 525. The summed E-state index contributed by atoms with van der Waals surface area (Å²) in [6, 6.07) is 6.79. The largest absolute Gasteiger partial charge is 0.396 e. The predicted molar refractivity (Wildman–Crippen MR) is 79.0 cm³/mol. The number of hydrogen-bond acceptors (Lipinski definition) is 3. The molecule has 4 nitrogen and oxygen atoms in total. The number of hydrogen-bond donors (Lipinski definition) is 2. The highest BCUT2D eigenvalue weighted by Gasteiger charge is 2.26. The van der Waals surface area contributed by atoms with Crippen molar-refractivity contribution in [3.8, 4) is 0 Å². The molecule has 1 fully saturated rings. The fraction of sp³-hybridized carbons (Fsp3) is 0.600. The van der Waals surface area contributed by atoms with Crippen LogP contribution in [-0.4, -0.2) is 26.2 Å². The summed E-state index contributed by atoms with van der Waals surface area (Å²) in [4.78, 5) is 0.303. The van der Waals surface area contributed by atoms with E-state index in [2.05, 4.69) is 11.6 Å². The average Bonchev–Trinajstić information content (AvgIpc) is 2.42. The maximum absolute atomic E-state index is 12.4. The predicted octanol–water partition coefficient (Wildman–Crippen LogP) is 2.08. The number of nitrogens with one attached hydrogen (secondary N) is 1. The van der Waals surface area contributed by atoms with E-state index >= 15 is 0 Å². The molecule has 2 rings (SSSR count). The summed E-state index contributed by atoms with van der Waals surface area (Å²) in [6.45, 7) is 2.18. The normalized spacial score (nSPS) is 23.7. The van der Waals surface area contributed by atoms with Gasteiger partial charge >= 0.3 is 0 Å². The molecule has 2 N–H and O–H groups in total. The topological polar surface area (TPSA) is 66.4 Å². The fourth-order valence-electron chi connectivity index (χ4n) is 2.72. The molecule has 1 aliphatic carbocycles. The highest BCUT2D eigenvalue weighted by molar-refractivity contribution is 7.89. The molecule has 2 atom stereocenters. The van der Waals surface area contributed by atoms with Gasteiger partial charge in [-0.05, 0) is 42.9 Å². The second-order valence-electron chi connectivity index (χ2n) is 5.61. The molecule has 0 saturated heterocycles. The molecular formula is C15H23NO3S. The zero-order chi connectivity index (χ0) is 14.6. The molecule has 0 heterocycles. The summed E-state index contributed by atoms with van der Waals surface area (Å²) >= 11 is 0. The van der Waals surface area contributed by atoms with Crippen LogP contribution in [0.4, 0.5) is 0 Å². The molecule has 112 valence electrons. The van der Waals surface area contributed by atoms with E-state index in [0.29, 0.717) is 17.2 Å². The van der Waals surface area contributed by atoms with E-state index in [9.17, 15) is 8.42 Å². The smallest absolute Gasteiger partial charge is 0.240 e. The summed E-state index contributed by atoms with van der Waals surface area (Å²) < 4.78 is 27.5. The van der Waals surface area contributed by atoms with Gasteiger partial charge in [-0.2, -0.15) is 0 Å². The first-order chi connectivity index (χ1) is 9.53. The standard InChI is InChI=1S/C15H23NO3S/c1-12-4-2-3-5-15(12)16-20(18,19)14-8-6-13(7-9-14)10-11-17/h6-9,12,15-17H,2-5,10-11H2,1H3. The van der Waals surface area contributed by atoms with Crippen molar-refractivity contribution in [1.82, 2.24) is 4.72 Å². The Balaban J connectivity index is 2.09. The van der Waals surface area contributed by atoms with Crippen molar-refractivity contribution in [2.75, 3.05) is 6.61 Å². The molecule has 0 aromatic heterocycles. The van der Waals surface area contributed by atoms with Crippen molar-refractivity contribution in [1.29, 1.82) is 0 Å². The van der Waals surface area contributed by atoms with Crippen molar-refractivity contribution in [2.45, 2.75) is 50.0 Å². The molecule has 1 aromatic rings. The van der Waals surface area contributed by atoms with Gasteiger partial charge < -0.3 is 5.11 Å². The van der Waals surface area contributed by atoms with Gasteiger partial charge in [0.15, 0.2) is 0 Å². The van der Waals surface area contributed by atoms with Crippen LogP contribution < -0.4 is 4.72 Å².